The van der Waals surface area contributed by atoms with E-state index >= 15 is 0 Å². The molecule has 4 heteroatoms. The lowest BCUT2D eigenvalue weighted by molar-refractivity contribution is -0.0145. The predicted octanol–water partition coefficient (Wildman–Crippen LogP) is 2.01. The van der Waals surface area contributed by atoms with Gasteiger partial charge in [0.2, 0.25) is 0 Å². The topological polar surface area (TPSA) is 44.7 Å². The molecular formula is C14H21N3O. The number of hydrogen-bond acceptors (Lipinski definition) is 2. The Kier molecular flexibility index (Phi) is 2.24. The molecule has 1 aliphatic heterocycles. The quantitative estimate of drug-likeness (QED) is 0.757. The third-order valence-corrected chi connectivity index (χ3v) is 5.36. The molecule has 98 valence electrons. The molecule has 4 bridgehead atoms. The van der Waals surface area contributed by atoms with Gasteiger partial charge >= 0.3 is 6.03 Å². The highest BCUT2D eigenvalue weighted by molar-refractivity contribution is 5.87. The number of aliphatic imine (C=N–C) groups is 1. The van der Waals surface area contributed by atoms with E-state index < -0.39 is 0 Å². The molecule has 4 aliphatic carbocycles. The van der Waals surface area contributed by atoms with E-state index in [1.807, 2.05) is 0 Å². The maximum atomic E-state index is 12.3. The first-order valence-electron chi connectivity index (χ1n) is 7.31. The summed E-state index contributed by atoms with van der Waals surface area (Å²) in [6.45, 7) is 1.51. The Morgan fingerprint density at radius 3 is 2.28 bits per heavy atom. The Morgan fingerprint density at radius 1 is 1.17 bits per heavy atom. The zero-order chi connectivity index (χ0) is 12.2. The summed E-state index contributed by atoms with van der Waals surface area (Å²) in [7, 11) is 0. The Balaban J connectivity index is 1.50. The molecule has 0 atom stereocenters. The second kappa shape index (κ2) is 3.72. The molecule has 0 spiro atoms. The van der Waals surface area contributed by atoms with E-state index in [2.05, 4.69) is 10.3 Å². The van der Waals surface area contributed by atoms with Crippen LogP contribution in [0.25, 0.3) is 0 Å². The minimum absolute atomic E-state index is 0.0817. The molecule has 1 heterocycles. The van der Waals surface area contributed by atoms with Crippen molar-refractivity contribution in [2.75, 3.05) is 13.1 Å². The molecule has 0 unspecified atom stereocenters. The zero-order valence-electron chi connectivity index (χ0n) is 10.8. The molecular weight excluding hydrogens is 226 g/mol. The zero-order valence-corrected chi connectivity index (χ0v) is 10.8. The second-order valence-electron chi connectivity index (χ2n) is 6.84. The summed E-state index contributed by atoms with van der Waals surface area (Å²) >= 11 is 0. The Bertz CT molecular complexity index is 369. The summed E-state index contributed by atoms with van der Waals surface area (Å²) in [6, 6.07) is 0.0817. The van der Waals surface area contributed by atoms with Crippen LogP contribution in [0.15, 0.2) is 4.99 Å². The van der Waals surface area contributed by atoms with E-state index in [-0.39, 0.29) is 11.6 Å². The average Bonchev–Trinajstić information content (AvgIpc) is 2.79. The minimum Gasteiger partial charge on any atom is -0.332 e. The molecule has 4 fully saturated rings. The van der Waals surface area contributed by atoms with Crippen LogP contribution < -0.4 is 5.32 Å². The van der Waals surface area contributed by atoms with E-state index in [0.29, 0.717) is 0 Å². The highest BCUT2D eigenvalue weighted by Gasteiger charge is 2.51. The van der Waals surface area contributed by atoms with Crippen LogP contribution in [0.2, 0.25) is 0 Å². The van der Waals surface area contributed by atoms with Crippen LogP contribution in [0, 0.1) is 17.8 Å². The lowest BCUT2D eigenvalue weighted by Crippen LogP contribution is -2.61. The molecule has 4 saturated carbocycles. The lowest BCUT2D eigenvalue weighted by Gasteiger charge is -2.57. The molecule has 5 rings (SSSR count). The third kappa shape index (κ3) is 1.65. The molecule has 0 aromatic heterocycles. The molecule has 18 heavy (non-hydrogen) atoms. The van der Waals surface area contributed by atoms with Crippen LogP contribution in [0.1, 0.15) is 38.5 Å². The number of carbonyl (C=O) groups excluding carboxylic acids is 1. The fourth-order valence-electron chi connectivity index (χ4n) is 5.10. The smallest absolute Gasteiger partial charge is 0.323 e. The Morgan fingerprint density at radius 2 is 1.78 bits per heavy atom. The minimum atomic E-state index is 0.0817. The summed E-state index contributed by atoms with van der Waals surface area (Å²) in [5.41, 5.74) is 0.127. The number of rotatable bonds is 1. The van der Waals surface area contributed by atoms with Crippen LogP contribution in [0.3, 0.4) is 0 Å². The fourth-order valence-corrected chi connectivity index (χ4v) is 5.10. The van der Waals surface area contributed by atoms with Gasteiger partial charge in [-0.2, -0.15) is 0 Å². The van der Waals surface area contributed by atoms with E-state index in [4.69, 9.17) is 0 Å². The van der Waals surface area contributed by atoms with Crippen molar-refractivity contribution in [2.24, 2.45) is 22.7 Å². The summed E-state index contributed by atoms with van der Waals surface area (Å²) < 4.78 is 0. The summed E-state index contributed by atoms with van der Waals surface area (Å²) in [4.78, 5) is 18.1. The van der Waals surface area contributed by atoms with Gasteiger partial charge in [0.25, 0.3) is 0 Å². The van der Waals surface area contributed by atoms with Crippen molar-refractivity contribution >= 4 is 12.4 Å². The van der Waals surface area contributed by atoms with Crippen molar-refractivity contribution in [2.45, 2.75) is 44.1 Å². The first kappa shape index (κ1) is 10.8. The van der Waals surface area contributed by atoms with Gasteiger partial charge in [-0.3, -0.25) is 9.89 Å². The second-order valence-corrected chi connectivity index (χ2v) is 6.84. The molecule has 0 saturated heterocycles. The van der Waals surface area contributed by atoms with Gasteiger partial charge in [0.05, 0.1) is 12.9 Å². The summed E-state index contributed by atoms with van der Waals surface area (Å²) in [5.74, 6) is 2.64. The van der Waals surface area contributed by atoms with Gasteiger partial charge in [0, 0.05) is 12.1 Å². The van der Waals surface area contributed by atoms with Crippen molar-refractivity contribution in [1.29, 1.82) is 0 Å². The maximum absolute atomic E-state index is 12.3. The molecule has 1 N–H and O–H groups in total. The van der Waals surface area contributed by atoms with Gasteiger partial charge in [-0.1, -0.05) is 0 Å². The monoisotopic (exact) mass is 247 g/mol. The van der Waals surface area contributed by atoms with Crippen LogP contribution >= 0.6 is 0 Å². The van der Waals surface area contributed by atoms with Crippen molar-refractivity contribution < 1.29 is 4.79 Å². The first-order chi connectivity index (χ1) is 8.72. The van der Waals surface area contributed by atoms with Gasteiger partial charge in [-0.05, 0) is 56.3 Å². The summed E-state index contributed by atoms with van der Waals surface area (Å²) in [6.07, 6.45) is 9.60. The van der Waals surface area contributed by atoms with Crippen molar-refractivity contribution in [3.8, 4) is 0 Å². The van der Waals surface area contributed by atoms with Crippen LogP contribution in [-0.4, -0.2) is 35.9 Å². The molecule has 0 aromatic rings. The third-order valence-electron chi connectivity index (χ3n) is 5.36. The van der Waals surface area contributed by atoms with Crippen LogP contribution in [0.4, 0.5) is 4.79 Å². The highest BCUT2D eigenvalue weighted by atomic mass is 16.2. The number of nitrogens with one attached hydrogen (secondary N) is 1. The molecule has 2 amide bonds. The van der Waals surface area contributed by atoms with Crippen molar-refractivity contribution in [1.82, 2.24) is 10.2 Å². The van der Waals surface area contributed by atoms with E-state index in [0.717, 1.165) is 30.8 Å². The van der Waals surface area contributed by atoms with Crippen molar-refractivity contribution in [3.63, 3.8) is 0 Å². The van der Waals surface area contributed by atoms with E-state index in [1.165, 1.54) is 38.5 Å². The maximum Gasteiger partial charge on any atom is 0.323 e. The fraction of sp³-hybridized carbons (Fsp3) is 0.857. The SMILES string of the molecule is O=C(NC12CC3CC(CC(C3)C1)C2)N1C=NCC1. The number of hydrogen-bond donors (Lipinski definition) is 1. The van der Waals surface area contributed by atoms with Crippen LogP contribution in [-0.2, 0) is 0 Å². The van der Waals surface area contributed by atoms with Gasteiger partial charge in [0.1, 0.15) is 0 Å². The number of urea groups is 1. The van der Waals surface area contributed by atoms with Gasteiger partial charge in [-0.15, -0.1) is 0 Å². The highest BCUT2D eigenvalue weighted by Crippen LogP contribution is 2.55. The average molecular weight is 247 g/mol. The van der Waals surface area contributed by atoms with Crippen molar-refractivity contribution in [3.05, 3.63) is 0 Å². The number of nitrogens with zero attached hydrogens (tertiary/aromatic N) is 2. The largest absolute Gasteiger partial charge is 0.332 e. The lowest BCUT2D eigenvalue weighted by atomic mass is 9.53. The number of carbonyl (C=O) groups is 1. The predicted molar refractivity (Wildman–Crippen MR) is 69.5 cm³/mol. The standard InChI is InChI=1S/C14H21N3O/c18-13(17-2-1-15-9-17)16-14-6-10-3-11(7-14)5-12(4-10)8-14/h9-12H,1-8H2,(H,16,18). The number of amides is 2. The van der Waals surface area contributed by atoms with Gasteiger partial charge < -0.3 is 5.32 Å². The first-order valence-corrected chi connectivity index (χ1v) is 7.31. The van der Waals surface area contributed by atoms with Gasteiger partial charge in [-0.25, -0.2) is 4.79 Å². The normalized spacial score (nSPS) is 44.7. The molecule has 0 radical (unpaired) electrons. The van der Waals surface area contributed by atoms with E-state index in [9.17, 15) is 4.79 Å². The molecule has 4 nitrogen and oxygen atoms in total. The van der Waals surface area contributed by atoms with Crippen LogP contribution in [0.5, 0.6) is 0 Å². The molecule has 0 aromatic carbocycles. The summed E-state index contributed by atoms with van der Waals surface area (Å²) in [5, 5.41) is 3.36. The Labute approximate surface area is 108 Å². The Hall–Kier alpha value is -1.06. The molecule has 5 aliphatic rings. The van der Waals surface area contributed by atoms with Gasteiger partial charge in [0.15, 0.2) is 0 Å². The van der Waals surface area contributed by atoms with E-state index in [1.54, 1.807) is 11.2 Å².